The van der Waals surface area contributed by atoms with E-state index in [4.69, 9.17) is 23.2 Å². The minimum absolute atomic E-state index is 0.0338. The van der Waals surface area contributed by atoms with Crippen LogP contribution in [0.15, 0.2) is 81.2 Å². The average Bonchev–Trinajstić information content (AvgIpc) is 2.75. The van der Waals surface area contributed by atoms with Gasteiger partial charge in [0.05, 0.1) is 16.3 Å². The predicted octanol–water partition coefficient (Wildman–Crippen LogP) is 5.80. The highest BCUT2D eigenvalue weighted by atomic mass is 79.9. The van der Waals surface area contributed by atoms with Gasteiger partial charge in [0.25, 0.3) is 15.9 Å². The van der Waals surface area contributed by atoms with E-state index in [0.717, 1.165) is 19.9 Å². The summed E-state index contributed by atoms with van der Waals surface area (Å²) in [7, 11) is -4.09. The molecule has 33 heavy (non-hydrogen) atoms. The van der Waals surface area contributed by atoms with Gasteiger partial charge in [-0.25, -0.2) is 13.8 Å². The summed E-state index contributed by atoms with van der Waals surface area (Å²) in [4.78, 5) is 12.8. The second-order valence-corrected chi connectivity index (χ2v) is 10.8. The highest BCUT2D eigenvalue weighted by molar-refractivity contribution is 9.10. The number of sulfonamides is 1. The Labute approximate surface area is 211 Å². The first-order chi connectivity index (χ1) is 15.6. The van der Waals surface area contributed by atoms with Gasteiger partial charge in [0.2, 0.25) is 0 Å². The number of carbonyl (C=O) groups is 1. The molecule has 3 aromatic rings. The summed E-state index contributed by atoms with van der Waals surface area (Å²) in [5.41, 5.74) is 4.87. The van der Waals surface area contributed by atoms with Gasteiger partial charge in [0.1, 0.15) is 6.54 Å². The van der Waals surface area contributed by atoms with Gasteiger partial charge in [-0.3, -0.25) is 9.10 Å². The molecule has 0 aliphatic rings. The van der Waals surface area contributed by atoms with Crippen LogP contribution in [0.4, 0.5) is 5.69 Å². The van der Waals surface area contributed by atoms with E-state index in [-0.39, 0.29) is 20.6 Å². The number of rotatable bonds is 7. The molecular weight excluding hydrogens is 549 g/mol. The fourth-order valence-corrected chi connectivity index (χ4v) is 5.09. The van der Waals surface area contributed by atoms with Crippen molar-refractivity contribution in [1.82, 2.24) is 5.43 Å². The van der Waals surface area contributed by atoms with Crippen LogP contribution in [0, 0.1) is 6.92 Å². The Hall–Kier alpha value is -2.39. The third-order valence-corrected chi connectivity index (χ3v) is 7.39. The van der Waals surface area contributed by atoms with Crippen LogP contribution in [0.1, 0.15) is 18.1 Å². The molecule has 3 rings (SSSR count). The van der Waals surface area contributed by atoms with Crippen LogP contribution in [-0.2, 0) is 14.8 Å². The van der Waals surface area contributed by atoms with Crippen LogP contribution < -0.4 is 9.73 Å². The van der Waals surface area contributed by atoms with Crippen molar-refractivity contribution in [3.05, 3.63) is 92.4 Å². The average molecular weight is 569 g/mol. The van der Waals surface area contributed by atoms with E-state index in [1.165, 1.54) is 30.3 Å². The van der Waals surface area contributed by atoms with Crippen molar-refractivity contribution in [3.8, 4) is 0 Å². The smallest absolute Gasteiger partial charge is 0.264 e. The molecule has 0 aromatic heterocycles. The van der Waals surface area contributed by atoms with E-state index in [1.54, 1.807) is 19.1 Å². The van der Waals surface area contributed by atoms with Crippen molar-refractivity contribution in [1.29, 1.82) is 0 Å². The number of nitrogens with one attached hydrogen (secondary N) is 1. The molecule has 0 aliphatic carbocycles. The number of anilines is 1. The van der Waals surface area contributed by atoms with Gasteiger partial charge >= 0.3 is 0 Å². The Morgan fingerprint density at radius 1 is 1.00 bits per heavy atom. The van der Waals surface area contributed by atoms with Gasteiger partial charge in [0.15, 0.2) is 0 Å². The van der Waals surface area contributed by atoms with Gasteiger partial charge in [0, 0.05) is 14.5 Å². The molecule has 0 fully saturated rings. The maximum atomic E-state index is 13.4. The third-order valence-electron chi connectivity index (χ3n) is 4.64. The quantitative estimate of drug-likeness (QED) is 0.289. The molecule has 0 bridgehead atoms. The number of benzene rings is 3. The maximum absolute atomic E-state index is 13.4. The number of nitrogens with zero attached hydrogens (tertiary/aromatic N) is 2. The van der Waals surface area contributed by atoms with Gasteiger partial charge < -0.3 is 0 Å². The van der Waals surface area contributed by atoms with Crippen molar-refractivity contribution >= 4 is 66.5 Å². The number of aryl methyl sites for hydroxylation is 1. The lowest BCUT2D eigenvalue weighted by atomic mass is 10.1. The van der Waals surface area contributed by atoms with Crippen molar-refractivity contribution < 1.29 is 13.2 Å². The largest absolute Gasteiger partial charge is 0.271 e. The monoisotopic (exact) mass is 567 g/mol. The summed E-state index contributed by atoms with van der Waals surface area (Å²) < 4.78 is 28.7. The van der Waals surface area contributed by atoms with E-state index < -0.39 is 22.5 Å². The number of halogens is 3. The number of hydrogen-bond donors (Lipinski definition) is 1. The maximum Gasteiger partial charge on any atom is 0.264 e. The lowest BCUT2D eigenvalue weighted by Crippen LogP contribution is -2.39. The second kappa shape index (κ2) is 10.7. The summed E-state index contributed by atoms with van der Waals surface area (Å²) in [6.07, 6.45) is 0. The van der Waals surface area contributed by atoms with E-state index in [9.17, 15) is 13.2 Å². The van der Waals surface area contributed by atoms with Gasteiger partial charge in [-0.05, 0) is 61.9 Å². The molecule has 6 nitrogen and oxygen atoms in total. The number of hydrazone groups is 1. The molecule has 0 saturated heterocycles. The summed E-state index contributed by atoms with van der Waals surface area (Å²) in [5, 5.41) is 4.58. The summed E-state index contributed by atoms with van der Waals surface area (Å²) >= 11 is 15.6. The van der Waals surface area contributed by atoms with Crippen LogP contribution in [0.25, 0.3) is 0 Å². The molecule has 0 unspecified atom stereocenters. The zero-order chi connectivity index (χ0) is 24.2. The van der Waals surface area contributed by atoms with Crippen molar-refractivity contribution in [2.75, 3.05) is 10.8 Å². The molecule has 0 heterocycles. The number of hydrogen-bond acceptors (Lipinski definition) is 4. The Kier molecular flexibility index (Phi) is 8.18. The van der Waals surface area contributed by atoms with Crippen LogP contribution >= 0.6 is 39.1 Å². The van der Waals surface area contributed by atoms with Crippen molar-refractivity contribution in [2.24, 2.45) is 5.10 Å². The van der Waals surface area contributed by atoms with Gasteiger partial charge in [-0.15, -0.1) is 0 Å². The first-order valence-electron chi connectivity index (χ1n) is 9.71. The fraction of sp³-hybridized carbons (Fsp3) is 0.130. The molecule has 3 aromatic carbocycles. The van der Waals surface area contributed by atoms with Crippen LogP contribution in [0.2, 0.25) is 10.0 Å². The Morgan fingerprint density at radius 2 is 1.58 bits per heavy atom. The molecule has 1 amide bonds. The normalized spacial score (nSPS) is 11.8. The van der Waals surface area contributed by atoms with E-state index in [0.29, 0.717) is 5.71 Å². The lowest BCUT2D eigenvalue weighted by molar-refractivity contribution is -0.119. The van der Waals surface area contributed by atoms with Crippen molar-refractivity contribution in [3.63, 3.8) is 0 Å². The minimum atomic E-state index is -4.09. The Bertz CT molecular complexity index is 1280. The van der Waals surface area contributed by atoms with E-state index in [1.807, 2.05) is 31.2 Å². The summed E-state index contributed by atoms with van der Waals surface area (Å²) in [5.74, 6) is -0.627. The van der Waals surface area contributed by atoms with Crippen LogP contribution in [-0.4, -0.2) is 26.6 Å². The van der Waals surface area contributed by atoms with Gasteiger partial charge in [-0.1, -0.05) is 69.0 Å². The molecule has 0 radical (unpaired) electrons. The van der Waals surface area contributed by atoms with E-state index >= 15 is 0 Å². The minimum Gasteiger partial charge on any atom is -0.271 e. The highest BCUT2D eigenvalue weighted by Gasteiger charge is 2.27. The van der Waals surface area contributed by atoms with Crippen molar-refractivity contribution in [2.45, 2.75) is 18.7 Å². The fourth-order valence-electron chi connectivity index (χ4n) is 2.90. The summed E-state index contributed by atoms with van der Waals surface area (Å²) in [6, 6.07) is 18.1. The predicted molar refractivity (Wildman–Crippen MR) is 137 cm³/mol. The molecule has 0 spiro atoms. The molecular formula is C23H20BrCl2N3O3S. The van der Waals surface area contributed by atoms with Gasteiger partial charge in [-0.2, -0.15) is 5.10 Å². The molecule has 10 heteroatoms. The Morgan fingerprint density at radius 3 is 2.15 bits per heavy atom. The molecule has 1 N–H and O–H groups in total. The number of amides is 1. The second-order valence-electron chi connectivity index (χ2n) is 7.19. The first kappa shape index (κ1) is 25.2. The summed E-state index contributed by atoms with van der Waals surface area (Å²) in [6.45, 7) is 3.06. The topological polar surface area (TPSA) is 78.8 Å². The van der Waals surface area contributed by atoms with E-state index in [2.05, 4.69) is 26.5 Å². The molecule has 0 atom stereocenters. The number of carbonyl (C=O) groups excluding carboxylic acids is 1. The first-order valence-corrected chi connectivity index (χ1v) is 12.7. The third kappa shape index (κ3) is 6.57. The Balaban J connectivity index is 1.91. The van der Waals surface area contributed by atoms with Crippen LogP contribution in [0.5, 0.6) is 0 Å². The molecule has 0 saturated carbocycles. The SMILES string of the molecule is C/C(=N/NC(=O)CN(c1cc(Cl)cc(Cl)c1)S(=O)(=O)c1ccc(C)cc1)c1ccc(Br)cc1. The highest BCUT2D eigenvalue weighted by Crippen LogP contribution is 2.29. The van der Waals surface area contributed by atoms with Crippen LogP contribution in [0.3, 0.4) is 0 Å². The zero-order valence-corrected chi connectivity index (χ0v) is 21.6. The standard InChI is InChI=1S/C23H20BrCl2N3O3S/c1-15-3-9-22(10-4-15)33(31,32)29(21-12-19(25)11-20(26)13-21)14-23(30)28-27-16(2)17-5-7-18(24)8-6-17/h3-13H,14H2,1-2H3,(H,28,30)/b27-16-. The zero-order valence-electron chi connectivity index (χ0n) is 17.7. The molecule has 0 aliphatic heterocycles. The lowest BCUT2D eigenvalue weighted by Gasteiger charge is -2.24. The molecule has 172 valence electrons.